The van der Waals surface area contributed by atoms with Gasteiger partial charge < -0.3 is 15.4 Å². The van der Waals surface area contributed by atoms with Gasteiger partial charge in [0.25, 0.3) is 0 Å². The lowest BCUT2D eigenvalue weighted by atomic mass is 9.83. The fourth-order valence-electron chi connectivity index (χ4n) is 1.94. The van der Waals surface area contributed by atoms with Crippen LogP contribution in [0.15, 0.2) is 0 Å². The summed E-state index contributed by atoms with van der Waals surface area (Å²) in [5, 5.41) is 0. The third kappa shape index (κ3) is 3.35. The Morgan fingerprint density at radius 3 is 2.28 bits per heavy atom. The van der Waals surface area contributed by atoms with Crippen LogP contribution in [-0.4, -0.2) is 33.4 Å². The molecule has 0 unspecified atom stereocenters. The molecule has 0 aromatic heterocycles. The van der Waals surface area contributed by atoms with Crippen LogP contribution >= 0.6 is 24.4 Å². The summed E-state index contributed by atoms with van der Waals surface area (Å²) >= 11 is 10.7. The Balaban J connectivity index is 2.75. The second-order valence-electron chi connectivity index (χ2n) is 5.45. The number of hydrogen-bond acceptors (Lipinski definition) is 5. The third-order valence-corrected chi connectivity index (χ3v) is 3.79. The molecule has 5 heteroatoms. The maximum absolute atomic E-state index is 5.39. The normalized spacial score (nSPS) is 12.1. The van der Waals surface area contributed by atoms with Gasteiger partial charge in [-0.2, -0.15) is 0 Å². The lowest BCUT2D eigenvalue weighted by Gasteiger charge is -2.32. The molecule has 0 amide bonds. The Morgan fingerprint density at radius 2 is 1.78 bits per heavy atom. The van der Waals surface area contributed by atoms with Crippen molar-refractivity contribution in [3.63, 3.8) is 0 Å². The summed E-state index contributed by atoms with van der Waals surface area (Å²) in [5.74, 6) is 0. The van der Waals surface area contributed by atoms with Crippen molar-refractivity contribution < 1.29 is 4.74 Å². The molecule has 1 rings (SSSR count). The van der Waals surface area contributed by atoms with Crippen molar-refractivity contribution in [2.75, 3.05) is 38.3 Å². The van der Waals surface area contributed by atoms with Gasteiger partial charge in [0.1, 0.15) is 0 Å². The lowest BCUT2D eigenvalue weighted by Crippen LogP contribution is -2.29. The van der Waals surface area contributed by atoms with Crippen molar-refractivity contribution >= 4 is 30.1 Å². The third-order valence-electron chi connectivity index (χ3n) is 2.85. The van der Waals surface area contributed by atoms with Crippen molar-refractivity contribution in [1.29, 1.82) is 0 Å². The number of likely N-dealkylation sites (N-methyl/N-ethyl adjacent to an activating group) is 1. The Bertz CT molecular complexity index is 470. The zero-order chi connectivity index (χ0) is 13.9. The molecule has 3 nitrogen and oxygen atoms in total. The molecule has 0 aliphatic heterocycles. The molecule has 0 spiro atoms. The zero-order valence-corrected chi connectivity index (χ0v) is 13.2. The topological polar surface area (TPSA) is 38.5 Å². The van der Waals surface area contributed by atoms with Gasteiger partial charge in [-0.05, 0) is 5.41 Å². The van der Waals surface area contributed by atoms with Gasteiger partial charge >= 0.3 is 0 Å². The molecule has 0 saturated carbocycles. The van der Waals surface area contributed by atoms with Crippen LogP contribution in [0, 0.1) is 9.02 Å². The maximum atomic E-state index is 5.39. The number of hydrogen-bond donors (Lipinski definition) is 1. The van der Waals surface area contributed by atoms with E-state index in [9.17, 15) is 0 Å². The van der Waals surface area contributed by atoms with Gasteiger partial charge in [0.05, 0.1) is 27.9 Å². The Kier molecular flexibility index (Phi) is 5.40. The summed E-state index contributed by atoms with van der Waals surface area (Å²) in [6.45, 7) is 9.10. The molecule has 0 atom stereocenters. The Hall–Kier alpha value is -0.360. The van der Waals surface area contributed by atoms with Crippen molar-refractivity contribution in [2.45, 2.75) is 26.2 Å². The summed E-state index contributed by atoms with van der Waals surface area (Å²) in [6.07, 6.45) is 0. The second kappa shape index (κ2) is 6.19. The first-order valence-corrected chi connectivity index (χ1v) is 6.95. The quantitative estimate of drug-likeness (QED) is 0.643. The summed E-state index contributed by atoms with van der Waals surface area (Å²) in [4.78, 5) is 2.13. The molecular weight excluding hydrogens is 264 g/mol. The van der Waals surface area contributed by atoms with Crippen molar-refractivity contribution in [2.24, 2.45) is 5.73 Å². The molecular formula is C13H22N2OS2. The van der Waals surface area contributed by atoms with E-state index >= 15 is 0 Å². The molecule has 0 bridgehead atoms. The molecule has 0 fully saturated rings. The summed E-state index contributed by atoms with van der Waals surface area (Å²) in [6, 6.07) is 0. The SMILES string of the molecule is CN(CCOCCN)c1c(C(C)(C)C)c(=S)c1=S. The van der Waals surface area contributed by atoms with E-state index < -0.39 is 0 Å². The largest absolute Gasteiger partial charge is 0.378 e. The molecule has 18 heavy (non-hydrogen) atoms. The molecule has 1 aromatic rings. The summed E-state index contributed by atoms with van der Waals surface area (Å²) < 4.78 is 7.06. The average Bonchev–Trinajstić information content (AvgIpc) is 2.28. The number of nitrogens with zero attached hydrogens (tertiary/aromatic N) is 1. The molecule has 0 heterocycles. The second-order valence-corrected chi connectivity index (χ2v) is 6.27. The van der Waals surface area contributed by atoms with Gasteiger partial charge in [-0.3, -0.25) is 0 Å². The molecule has 102 valence electrons. The minimum Gasteiger partial charge on any atom is -0.378 e. The van der Waals surface area contributed by atoms with Crippen molar-refractivity contribution in [1.82, 2.24) is 0 Å². The molecule has 0 saturated heterocycles. The maximum Gasteiger partial charge on any atom is 0.0798 e. The van der Waals surface area contributed by atoms with Gasteiger partial charge in [0, 0.05) is 25.7 Å². The highest BCUT2D eigenvalue weighted by molar-refractivity contribution is 7.74. The first-order valence-electron chi connectivity index (χ1n) is 6.13. The standard InChI is InChI=1S/C13H22N2OS2/c1-13(2,3)9-10(12(18)11(9)17)15(4)6-8-16-7-5-14/h5-8,14H2,1-4H3. The first kappa shape index (κ1) is 15.7. The molecule has 0 aliphatic carbocycles. The number of rotatable bonds is 6. The number of nitrogens with two attached hydrogens (primary N) is 1. The highest BCUT2D eigenvalue weighted by atomic mass is 32.1. The predicted molar refractivity (Wildman–Crippen MR) is 82.3 cm³/mol. The monoisotopic (exact) mass is 286 g/mol. The summed E-state index contributed by atoms with van der Waals surface area (Å²) in [5.41, 5.74) is 7.73. The highest BCUT2D eigenvalue weighted by Crippen LogP contribution is 2.38. The van der Waals surface area contributed by atoms with E-state index in [2.05, 4.69) is 25.7 Å². The minimum atomic E-state index is 0.0428. The summed E-state index contributed by atoms with van der Waals surface area (Å²) in [7, 11) is 2.03. The van der Waals surface area contributed by atoms with Gasteiger partial charge in [0.15, 0.2) is 0 Å². The van der Waals surface area contributed by atoms with E-state index in [1.807, 2.05) is 7.05 Å². The van der Waals surface area contributed by atoms with Crippen LogP contribution in [0.2, 0.25) is 0 Å². The zero-order valence-electron chi connectivity index (χ0n) is 11.6. The van der Waals surface area contributed by atoms with Gasteiger partial charge in [-0.1, -0.05) is 45.2 Å². The highest BCUT2D eigenvalue weighted by Gasteiger charge is 2.27. The average molecular weight is 286 g/mol. The predicted octanol–water partition coefficient (Wildman–Crippen LogP) is 2.73. The lowest BCUT2D eigenvalue weighted by molar-refractivity contribution is 0.148. The fourth-order valence-corrected chi connectivity index (χ4v) is 2.80. The van der Waals surface area contributed by atoms with Gasteiger partial charge in [0.2, 0.25) is 0 Å². The van der Waals surface area contributed by atoms with E-state index in [4.69, 9.17) is 34.9 Å². The van der Waals surface area contributed by atoms with Crippen LogP contribution in [0.3, 0.4) is 0 Å². The number of anilines is 1. The van der Waals surface area contributed by atoms with Gasteiger partial charge in [-0.25, -0.2) is 0 Å². The van der Waals surface area contributed by atoms with Crippen molar-refractivity contribution in [3.8, 4) is 0 Å². The van der Waals surface area contributed by atoms with Crippen LogP contribution in [0.25, 0.3) is 0 Å². The molecule has 1 aromatic carbocycles. The first-order chi connectivity index (χ1) is 8.30. The number of ether oxygens (including phenoxy) is 1. The van der Waals surface area contributed by atoms with E-state index in [1.165, 1.54) is 5.56 Å². The van der Waals surface area contributed by atoms with E-state index in [-0.39, 0.29) is 5.41 Å². The van der Waals surface area contributed by atoms with Gasteiger partial charge in [-0.15, -0.1) is 0 Å². The van der Waals surface area contributed by atoms with E-state index in [0.29, 0.717) is 19.8 Å². The van der Waals surface area contributed by atoms with Crippen LogP contribution in [0.4, 0.5) is 5.69 Å². The molecule has 0 aliphatic rings. The van der Waals surface area contributed by atoms with E-state index in [1.54, 1.807) is 0 Å². The molecule has 2 N–H and O–H groups in total. The molecule has 0 radical (unpaired) electrons. The van der Waals surface area contributed by atoms with E-state index in [0.717, 1.165) is 21.3 Å². The smallest absolute Gasteiger partial charge is 0.0798 e. The fraction of sp³-hybridized carbons (Fsp3) is 0.692. The van der Waals surface area contributed by atoms with Crippen LogP contribution < -0.4 is 10.6 Å². The Labute approximate surface area is 120 Å². The Morgan fingerprint density at radius 1 is 1.17 bits per heavy atom. The minimum absolute atomic E-state index is 0.0428. The van der Waals surface area contributed by atoms with Crippen LogP contribution in [0.1, 0.15) is 26.3 Å². The van der Waals surface area contributed by atoms with Crippen LogP contribution in [-0.2, 0) is 10.2 Å². The van der Waals surface area contributed by atoms with Crippen LogP contribution in [0.5, 0.6) is 0 Å². The van der Waals surface area contributed by atoms with Crippen molar-refractivity contribution in [3.05, 3.63) is 14.6 Å².